The first-order chi connectivity index (χ1) is 5.19. The van der Waals surface area contributed by atoms with Gasteiger partial charge in [0.2, 0.25) is 0 Å². The predicted octanol–water partition coefficient (Wildman–Crippen LogP) is 3.09. The molecule has 0 rings (SSSR count). The third kappa shape index (κ3) is 3.27. The van der Waals surface area contributed by atoms with Gasteiger partial charge in [0.05, 0.1) is 6.67 Å². The number of alkyl halides is 7. The second-order valence-corrected chi connectivity index (χ2v) is 2.11. The fourth-order valence-corrected chi connectivity index (χ4v) is 0.622. The first kappa shape index (κ1) is 11.5. The second-order valence-electron chi connectivity index (χ2n) is 2.11. The number of hydrogen-bond acceptors (Lipinski definition) is 0. The van der Waals surface area contributed by atoms with Crippen molar-refractivity contribution in [1.82, 2.24) is 0 Å². The molecule has 0 aliphatic carbocycles. The highest BCUT2D eigenvalue weighted by atomic mass is 19.4. The molecule has 0 unspecified atom stereocenters. The molecule has 0 N–H and O–H groups in total. The second kappa shape index (κ2) is 3.49. The maximum atomic E-state index is 11.5. The molecule has 0 aromatic carbocycles. The summed E-state index contributed by atoms with van der Waals surface area (Å²) in [6, 6.07) is 0. The minimum absolute atomic E-state index is 1.56. The highest BCUT2D eigenvalue weighted by Crippen LogP contribution is 2.41. The van der Waals surface area contributed by atoms with E-state index in [1.54, 1.807) is 0 Å². The van der Waals surface area contributed by atoms with Crippen molar-refractivity contribution in [1.29, 1.82) is 0 Å². The summed E-state index contributed by atoms with van der Waals surface area (Å²) >= 11 is 0. The van der Waals surface area contributed by atoms with Crippen LogP contribution >= 0.6 is 0 Å². The maximum Gasteiger partial charge on any atom is 0.400 e. The minimum Gasteiger partial charge on any atom is -0.251 e. The highest BCUT2D eigenvalue weighted by Gasteiger charge is 2.55. The quantitative estimate of drug-likeness (QED) is 0.598. The third-order valence-corrected chi connectivity index (χ3v) is 1.19. The molecule has 12 heavy (non-hydrogen) atoms. The fraction of sp³-hybridized carbons (Fsp3) is 1.00. The van der Waals surface area contributed by atoms with Crippen LogP contribution in [0.25, 0.3) is 0 Å². The van der Waals surface area contributed by atoms with Crippen LogP contribution in [0.3, 0.4) is 0 Å². The first-order valence-electron chi connectivity index (χ1n) is 2.89. The van der Waals surface area contributed by atoms with Crippen LogP contribution < -0.4 is 0 Å². The lowest BCUT2D eigenvalue weighted by molar-refractivity contribution is -0.286. The summed E-state index contributed by atoms with van der Waals surface area (Å²) < 4.78 is 80.4. The molecule has 0 fully saturated rings. The zero-order chi connectivity index (χ0) is 9.99. The van der Waals surface area contributed by atoms with Gasteiger partial charge in [0.15, 0.2) is 5.92 Å². The third-order valence-electron chi connectivity index (χ3n) is 1.19. The Kier molecular flexibility index (Phi) is 3.34. The van der Waals surface area contributed by atoms with Crippen LogP contribution in [0.5, 0.6) is 0 Å². The van der Waals surface area contributed by atoms with E-state index in [9.17, 15) is 30.7 Å². The summed E-state index contributed by atoms with van der Waals surface area (Å²) in [6.45, 7) is -1.64. The highest BCUT2D eigenvalue weighted by molar-refractivity contribution is 4.74. The molecular formula is C5H5F7. The van der Waals surface area contributed by atoms with Crippen molar-refractivity contribution in [2.24, 2.45) is 5.92 Å². The van der Waals surface area contributed by atoms with E-state index in [0.29, 0.717) is 0 Å². The zero-order valence-electron chi connectivity index (χ0n) is 5.64. The normalized spacial score (nSPS) is 14.0. The van der Waals surface area contributed by atoms with Crippen LogP contribution in [0.4, 0.5) is 30.7 Å². The Labute approximate surface area is 63.4 Å². The van der Waals surface area contributed by atoms with E-state index in [0.717, 1.165) is 0 Å². The summed E-state index contributed by atoms with van der Waals surface area (Å²) in [7, 11) is 0. The van der Waals surface area contributed by atoms with E-state index in [1.165, 1.54) is 0 Å². The van der Waals surface area contributed by atoms with Gasteiger partial charge in [0.25, 0.3) is 0 Å². The van der Waals surface area contributed by atoms with E-state index in [-0.39, 0.29) is 0 Å². The summed E-state index contributed by atoms with van der Waals surface area (Å²) in [5.74, 6) is -3.55. The molecule has 0 saturated carbocycles. The molecule has 0 atom stereocenters. The average Bonchev–Trinajstić information content (AvgIpc) is 1.77. The molecule has 0 aromatic rings. The van der Waals surface area contributed by atoms with E-state index < -0.39 is 31.4 Å². The molecule has 0 amide bonds. The Hall–Kier alpha value is -0.490. The molecular weight excluding hydrogens is 193 g/mol. The average molecular weight is 198 g/mol. The van der Waals surface area contributed by atoms with Crippen LogP contribution in [0.2, 0.25) is 0 Å². The van der Waals surface area contributed by atoms with Crippen molar-refractivity contribution in [3.05, 3.63) is 0 Å². The lowest BCUT2D eigenvalue weighted by Gasteiger charge is -2.21. The SMILES string of the molecule is FCCC(C(F)(F)F)C(F)(F)F. The van der Waals surface area contributed by atoms with Gasteiger partial charge in [-0.25, -0.2) is 0 Å². The van der Waals surface area contributed by atoms with Gasteiger partial charge >= 0.3 is 12.4 Å². The summed E-state index contributed by atoms with van der Waals surface area (Å²) in [5.41, 5.74) is 0. The molecule has 0 aromatic heterocycles. The number of hydrogen-bond donors (Lipinski definition) is 0. The number of halogens is 7. The smallest absolute Gasteiger partial charge is 0.251 e. The lowest BCUT2D eigenvalue weighted by atomic mass is 10.1. The zero-order valence-corrected chi connectivity index (χ0v) is 5.64. The predicted molar refractivity (Wildman–Crippen MR) is 26.2 cm³/mol. The van der Waals surface area contributed by atoms with Crippen molar-refractivity contribution < 1.29 is 30.7 Å². The van der Waals surface area contributed by atoms with Crippen LogP contribution in [-0.2, 0) is 0 Å². The Bertz CT molecular complexity index is 118. The van der Waals surface area contributed by atoms with Gasteiger partial charge in [-0.3, -0.25) is 4.39 Å². The van der Waals surface area contributed by atoms with Gasteiger partial charge in [-0.2, -0.15) is 26.3 Å². The molecule has 0 aliphatic rings. The van der Waals surface area contributed by atoms with Crippen molar-refractivity contribution in [3.8, 4) is 0 Å². The standard InChI is InChI=1S/C5H5F7/c6-2-1-3(4(7,8)9)5(10,11)12/h3H,1-2H2. The monoisotopic (exact) mass is 198 g/mol. The van der Waals surface area contributed by atoms with Gasteiger partial charge in [-0.1, -0.05) is 0 Å². The van der Waals surface area contributed by atoms with E-state index >= 15 is 0 Å². The van der Waals surface area contributed by atoms with E-state index in [4.69, 9.17) is 0 Å². The summed E-state index contributed by atoms with van der Waals surface area (Å²) in [6.07, 6.45) is -12.4. The van der Waals surface area contributed by atoms with Crippen molar-refractivity contribution in [2.45, 2.75) is 18.8 Å². The molecule has 0 spiro atoms. The minimum atomic E-state index is -5.41. The van der Waals surface area contributed by atoms with Gasteiger partial charge < -0.3 is 0 Å². The number of rotatable bonds is 2. The molecule has 7 heteroatoms. The van der Waals surface area contributed by atoms with Crippen LogP contribution in [-0.4, -0.2) is 19.0 Å². The van der Waals surface area contributed by atoms with Crippen LogP contribution in [0.1, 0.15) is 6.42 Å². The Morgan fingerprint density at radius 2 is 1.17 bits per heavy atom. The van der Waals surface area contributed by atoms with Gasteiger partial charge in [-0.15, -0.1) is 0 Å². The first-order valence-corrected chi connectivity index (χ1v) is 2.89. The van der Waals surface area contributed by atoms with Crippen molar-refractivity contribution in [2.75, 3.05) is 6.67 Å². The van der Waals surface area contributed by atoms with Crippen molar-refractivity contribution >= 4 is 0 Å². The van der Waals surface area contributed by atoms with Gasteiger partial charge in [-0.05, 0) is 6.42 Å². The fourth-order valence-electron chi connectivity index (χ4n) is 0.622. The Morgan fingerprint density at radius 1 is 0.833 bits per heavy atom. The molecule has 0 aliphatic heterocycles. The summed E-state index contributed by atoms with van der Waals surface area (Å²) in [4.78, 5) is 0. The molecule has 0 saturated heterocycles. The molecule has 0 nitrogen and oxygen atoms in total. The topological polar surface area (TPSA) is 0 Å². The van der Waals surface area contributed by atoms with E-state index in [2.05, 4.69) is 0 Å². The molecule has 0 heterocycles. The Balaban J connectivity index is 4.45. The largest absolute Gasteiger partial charge is 0.400 e. The Morgan fingerprint density at radius 3 is 1.25 bits per heavy atom. The van der Waals surface area contributed by atoms with Gasteiger partial charge in [0, 0.05) is 0 Å². The van der Waals surface area contributed by atoms with Gasteiger partial charge in [0.1, 0.15) is 0 Å². The maximum absolute atomic E-state index is 11.5. The molecule has 0 bridgehead atoms. The van der Waals surface area contributed by atoms with E-state index in [1.807, 2.05) is 0 Å². The lowest BCUT2D eigenvalue weighted by Crippen LogP contribution is -2.36. The molecule has 74 valence electrons. The molecule has 0 radical (unpaired) electrons. The summed E-state index contributed by atoms with van der Waals surface area (Å²) in [5, 5.41) is 0. The van der Waals surface area contributed by atoms with Crippen LogP contribution in [0, 0.1) is 5.92 Å². The van der Waals surface area contributed by atoms with Crippen LogP contribution in [0.15, 0.2) is 0 Å². The van der Waals surface area contributed by atoms with Crippen molar-refractivity contribution in [3.63, 3.8) is 0 Å².